The van der Waals surface area contributed by atoms with Crippen molar-refractivity contribution < 1.29 is 19.4 Å². The molecule has 0 heterocycles. The fourth-order valence-corrected chi connectivity index (χ4v) is 2.71. The van der Waals surface area contributed by atoms with E-state index in [-0.39, 0.29) is 30.4 Å². The van der Waals surface area contributed by atoms with Crippen molar-refractivity contribution in [2.75, 3.05) is 0 Å². The van der Waals surface area contributed by atoms with E-state index in [4.69, 9.17) is 9.47 Å². The third-order valence-electron chi connectivity index (χ3n) is 3.77. The summed E-state index contributed by atoms with van der Waals surface area (Å²) < 4.78 is 11.3. The molecule has 102 valence electrons. The van der Waals surface area contributed by atoms with Crippen LogP contribution in [0.1, 0.15) is 45.4 Å². The number of hydrogen-bond acceptors (Lipinski definition) is 4. The molecule has 2 aliphatic rings. The molecular weight excluding hydrogens is 232 g/mol. The number of rotatable bonds is 4. The summed E-state index contributed by atoms with van der Waals surface area (Å²) in [6.45, 7) is 5.23. The Morgan fingerprint density at radius 1 is 1.11 bits per heavy atom. The van der Waals surface area contributed by atoms with Gasteiger partial charge in [-0.1, -0.05) is 6.58 Å². The van der Waals surface area contributed by atoms with Crippen molar-refractivity contribution in [2.24, 2.45) is 0 Å². The van der Waals surface area contributed by atoms with Crippen LogP contribution < -0.4 is 0 Å². The molecular formula is C14H22O4. The second-order valence-corrected chi connectivity index (χ2v) is 5.37. The molecule has 1 N–H and O–H groups in total. The lowest BCUT2D eigenvalue weighted by atomic mass is 10.2. The van der Waals surface area contributed by atoms with Gasteiger partial charge in [0.05, 0.1) is 18.3 Å². The first-order valence-corrected chi connectivity index (χ1v) is 6.78. The smallest absolute Gasteiger partial charge is 0.333 e. The van der Waals surface area contributed by atoms with Gasteiger partial charge in [0, 0.05) is 5.57 Å². The highest BCUT2D eigenvalue weighted by Gasteiger charge is 2.36. The minimum absolute atomic E-state index is 0.0638. The largest absolute Gasteiger partial charge is 0.456 e. The molecule has 0 aromatic rings. The zero-order valence-electron chi connectivity index (χ0n) is 10.9. The fourth-order valence-electron chi connectivity index (χ4n) is 2.71. The average Bonchev–Trinajstić information content (AvgIpc) is 2.90. The minimum atomic E-state index is -0.358. The number of hydrogen-bond donors (Lipinski definition) is 1. The van der Waals surface area contributed by atoms with Gasteiger partial charge in [0.2, 0.25) is 0 Å². The Morgan fingerprint density at radius 3 is 2.33 bits per heavy atom. The Hall–Kier alpha value is -0.870. The molecule has 4 nitrogen and oxygen atoms in total. The number of ether oxygens (including phenoxy) is 2. The summed E-state index contributed by atoms with van der Waals surface area (Å²) in [7, 11) is 0. The van der Waals surface area contributed by atoms with Gasteiger partial charge in [0.1, 0.15) is 6.10 Å². The van der Waals surface area contributed by atoms with Crippen LogP contribution in [0.15, 0.2) is 12.2 Å². The van der Waals surface area contributed by atoms with Gasteiger partial charge in [-0.25, -0.2) is 4.79 Å². The molecule has 0 bridgehead atoms. The molecule has 2 aliphatic carbocycles. The minimum Gasteiger partial charge on any atom is -0.456 e. The standard InChI is InChI=1S/C14H22O4/c1-9(2)14(16)18-13-8-4-7-12(13)17-11-6-3-5-10(11)15/h10-13,15H,1,3-8H2,2H3. The normalized spacial score (nSPS) is 35.7. The van der Waals surface area contributed by atoms with Crippen molar-refractivity contribution in [2.45, 2.75) is 69.9 Å². The maximum absolute atomic E-state index is 11.5. The molecule has 4 atom stereocenters. The number of esters is 1. The van der Waals surface area contributed by atoms with Gasteiger partial charge in [-0.2, -0.15) is 0 Å². The Kier molecular flexibility index (Phi) is 4.40. The Bertz CT molecular complexity index is 326. The van der Waals surface area contributed by atoms with Gasteiger partial charge in [0.15, 0.2) is 0 Å². The first-order valence-electron chi connectivity index (χ1n) is 6.78. The van der Waals surface area contributed by atoms with Crippen molar-refractivity contribution >= 4 is 5.97 Å². The molecule has 0 amide bonds. The highest BCUT2D eigenvalue weighted by molar-refractivity contribution is 5.87. The topological polar surface area (TPSA) is 55.8 Å². The lowest BCUT2D eigenvalue weighted by Crippen LogP contribution is -2.35. The van der Waals surface area contributed by atoms with Gasteiger partial charge in [-0.3, -0.25) is 0 Å². The third-order valence-corrected chi connectivity index (χ3v) is 3.77. The van der Waals surface area contributed by atoms with Crippen LogP contribution in [0.4, 0.5) is 0 Å². The summed E-state index contributed by atoms with van der Waals surface area (Å²) in [6.07, 6.45) is 4.78. The van der Waals surface area contributed by atoms with Crippen molar-refractivity contribution in [1.29, 1.82) is 0 Å². The van der Waals surface area contributed by atoms with Crippen LogP contribution in [-0.4, -0.2) is 35.5 Å². The van der Waals surface area contributed by atoms with E-state index in [1.165, 1.54) is 0 Å². The van der Waals surface area contributed by atoms with Crippen molar-refractivity contribution in [3.63, 3.8) is 0 Å². The number of aliphatic hydroxyl groups excluding tert-OH is 1. The van der Waals surface area contributed by atoms with Crippen LogP contribution in [0.25, 0.3) is 0 Å². The second kappa shape index (κ2) is 5.85. The summed E-state index contributed by atoms with van der Waals surface area (Å²) in [6, 6.07) is 0. The Morgan fingerprint density at radius 2 is 1.72 bits per heavy atom. The Labute approximate surface area is 108 Å². The monoisotopic (exact) mass is 254 g/mol. The molecule has 0 spiro atoms. The molecule has 0 aliphatic heterocycles. The Balaban J connectivity index is 1.87. The molecule has 0 aromatic carbocycles. The van der Waals surface area contributed by atoms with Crippen LogP contribution in [0.3, 0.4) is 0 Å². The number of aliphatic hydroxyl groups is 1. The maximum atomic E-state index is 11.5. The van der Waals surface area contributed by atoms with Gasteiger partial charge in [-0.15, -0.1) is 0 Å². The molecule has 0 aromatic heterocycles. The van der Waals surface area contributed by atoms with E-state index in [1.54, 1.807) is 6.92 Å². The van der Waals surface area contributed by atoms with Gasteiger partial charge < -0.3 is 14.6 Å². The second-order valence-electron chi connectivity index (χ2n) is 5.37. The molecule has 4 unspecified atom stereocenters. The molecule has 0 radical (unpaired) electrons. The first kappa shape index (κ1) is 13.6. The predicted octanol–water partition coefficient (Wildman–Crippen LogP) is 1.96. The average molecular weight is 254 g/mol. The van der Waals surface area contributed by atoms with Crippen molar-refractivity contribution in [1.82, 2.24) is 0 Å². The molecule has 2 rings (SSSR count). The zero-order valence-corrected chi connectivity index (χ0v) is 10.9. The fraction of sp³-hybridized carbons (Fsp3) is 0.786. The van der Waals surface area contributed by atoms with Crippen LogP contribution in [-0.2, 0) is 14.3 Å². The van der Waals surface area contributed by atoms with E-state index in [1.807, 2.05) is 0 Å². The summed E-state index contributed by atoms with van der Waals surface area (Å²) in [5.41, 5.74) is 0.418. The van der Waals surface area contributed by atoms with Crippen molar-refractivity contribution in [3.8, 4) is 0 Å². The third kappa shape index (κ3) is 3.12. The highest BCUT2D eigenvalue weighted by atomic mass is 16.6. The quantitative estimate of drug-likeness (QED) is 0.615. The first-order chi connectivity index (χ1) is 8.58. The van der Waals surface area contributed by atoms with Gasteiger partial charge >= 0.3 is 5.97 Å². The number of carbonyl (C=O) groups excluding carboxylic acids is 1. The van der Waals surface area contributed by atoms with Gasteiger partial charge in [0.25, 0.3) is 0 Å². The predicted molar refractivity (Wildman–Crippen MR) is 67.1 cm³/mol. The van der Waals surface area contributed by atoms with Gasteiger partial charge in [-0.05, 0) is 45.4 Å². The molecule has 0 saturated heterocycles. The van der Waals surface area contributed by atoms with Crippen LogP contribution >= 0.6 is 0 Å². The summed E-state index contributed by atoms with van der Waals surface area (Å²) in [4.78, 5) is 11.5. The van der Waals surface area contributed by atoms with E-state index in [0.717, 1.165) is 38.5 Å². The SMILES string of the molecule is C=C(C)C(=O)OC1CCCC1OC1CCCC1O. The molecule has 2 fully saturated rings. The van der Waals surface area contributed by atoms with E-state index in [0.29, 0.717) is 5.57 Å². The molecule has 4 heteroatoms. The maximum Gasteiger partial charge on any atom is 0.333 e. The van der Waals surface area contributed by atoms with E-state index in [9.17, 15) is 9.90 Å². The lowest BCUT2D eigenvalue weighted by molar-refractivity contribution is -0.156. The van der Waals surface area contributed by atoms with E-state index in [2.05, 4.69) is 6.58 Å². The zero-order chi connectivity index (χ0) is 13.1. The molecule has 2 saturated carbocycles. The summed E-state index contributed by atoms with van der Waals surface area (Å²) in [5.74, 6) is -0.345. The van der Waals surface area contributed by atoms with E-state index < -0.39 is 0 Å². The van der Waals surface area contributed by atoms with Crippen LogP contribution in [0.2, 0.25) is 0 Å². The highest BCUT2D eigenvalue weighted by Crippen LogP contribution is 2.31. The van der Waals surface area contributed by atoms with Crippen LogP contribution in [0.5, 0.6) is 0 Å². The summed E-state index contributed by atoms with van der Waals surface area (Å²) >= 11 is 0. The van der Waals surface area contributed by atoms with Crippen LogP contribution in [0, 0.1) is 0 Å². The van der Waals surface area contributed by atoms with E-state index >= 15 is 0 Å². The van der Waals surface area contributed by atoms with Crippen molar-refractivity contribution in [3.05, 3.63) is 12.2 Å². The number of carbonyl (C=O) groups is 1. The summed E-state index contributed by atoms with van der Waals surface area (Å²) in [5, 5.41) is 9.76. The lowest BCUT2D eigenvalue weighted by Gasteiger charge is -2.25. The molecule has 18 heavy (non-hydrogen) atoms.